The van der Waals surface area contributed by atoms with Crippen molar-refractivity contribution in [2.75, 3.05) is 19.5 Å². The van der Waals surface area contributed by atoms with Gasteiger partial charge in [0.25, 0.3) is 0 Å². The van der Waals surface area contributed by atoms with Gasteiger partial charge in [0.15, 0.2) is 0 Å². The number of benzene rings is 1. The van der Waals surface area contributed by atoms with Crippen LogP contribution in [0.4, 0.5) is 0 Å². The van der Waals surface area contributed by atoms with E-state index >= 15 is 0 Å². The number of rotatable bonds is 6. The van der Waals surface area contributed by atoms with Crippen molar-refractivity contribution in [3.8, 4) is 5.75 Å². The van der Waals surface area contributed by atoms with Crippen LogP contribution in [0, 0.1) is 0 Å². The summed E-state index contributed by atoms with van der Waals surface area (Å²) < 4.78 is 9.96. The molecule has 16 heavy (non-hydrogen) atoms. The van der Waals surface area contributed by atoms with Gasteiger partial charge in [-0.15, -0.1) is 11.8 Å². The van der Waals surface area contributed by atoms with E-state index in [1.165, 1.54) is 0 Å². The molecule has 88 valence electrons. The maximum Gasteiger partial charge on any atom is 0.315 e. The Labute approximate surface area is 100 Å². The standard InChI is InChI=1S/C12H16O3S/c1-3-15-12(13)9-16-8-10-5-4-6-11(7-10)14-2/h4-7H,3,8-9H2,1-2H3. The molecule has 1 rings (SSSR count). The quantitative estimate of drug-likeness (QED) is 0.716. The van der Waals surface area contributed by atoms with Crippen LogP contribution in [0.5, 0.6) is 5.75 Å². The Morgan fingerprint density at radius 2 is 2.25 bits per heavy atom. The number of methoxy groups -OCH3 is 1. The zero-order valence-electron chi connectivity index (χ0n) is 9.56. The summed E-state index contributed by atoms with van der Waals surface area (Å²) in [5.74, 6) is 1.87. The van der Waals surface area contributed by atoms with E-state index in [4.69, 9.17) is 9.47 Å². The van der Waals surface area contributed by atoms with E-state index in [9.17, 15) is 4.79 Å². The third kappa shape index (κ3) is 4.57. The summed E-state index contributed by atoms with van der Waals surface area (Å²) in [6.07, 6.45) is 0. The largest absolute Gasteiger partial charge is 0.497 e. The Balaban J connectivity index is 2.34. The molecule has 3 nitrogen and oxygen atoms in total. The second-order valence-corrected chi connectivity index (χ2v) is 4.13. The van der Waals surface area contributed by atoms with Crippen LogP contribution in [0.15, 0.2) is 24.3 Å². The summed E-state index contributed by atoms with van der Waals surface area (Å²) >= 11 is 1.54. The highest BCUT2D eigenvalue weighted by Gasteiger charge is 2.02. The monoisotopic (exact) mass is 240 g/mol. The molecule has 0 aliphatic heterocycles. The fourth-order valence-electron chi connectivity index (χ4n) is 1.22. The highest BCUT2D eigenvalue weighted by Crippen LogP contribution is 2.17. The van der Waals surface area contributed by atoms with E-state index < -0.39 is 0 Å². The summed E-state index contributed by atoms with van der Waals surface area (Å²) in [6.45, 7) is 2.25. The van der Waals surface area contributed by atoms with Crippen LogP contribution < -0.4 is 4.74 Å². The van der Waals surface area contributed by atoms with Crippen molar-refractivity contribution in [2.24, 2.45) is 0 Å². The molecule has 0 heterocycles. The van der Waals surface area contributed by atoms with Gasteiger partial charge in [-0.25, -0.2) is 0 Å². The lowest BCUT2D eigenvalue weighted by molar-refractivity contribution is -0.139. The van der Waals surface area contributed by atoms with Crippen LogP contribution in [0.25, 0.3) is 0 Å². The minimum atomic E-state index is -0.157. The molecule has 0 aliphatic carbocycles. The summed E-state index contributed by atoms with van der Waals surface area (Å²) in [7, 11) is 1.64. The van der Waals surface area contributed by atoms with Gasteiger partial charge in [-0.1, -0.05) is 12.1 Å². The number of ether oxygens (including phenoxy) is 2. The maximum absolute atomic E-state index is 11.1. The lowest BCUT2D eigenvalue weighted by Gasteiger charge is -2.04. The van der Waals surface area contributed by atoms with Crippen molar-refractivity contribution in [3.63, 3.8) is 0 Å². The predicted molar refractivity (Wildman–Crippen MR) is 65.8 cm³/mol. The average molecular weight is 240 g/mol. The van der Waals surface area contributed by atoms with E-state index in [-0.39, 0.29) is 5.97 Å². The maximum atomic E-state index is 11.1. The summed E-state index contributed by atoms with van der Waals surface area (Å²) in [5, 5.41) is 0. The van der Waals surface area contributed by atoms with E-state index in [1.807, 2.05) is 31.2 Å². The number of esters is 1. The Kier molecular flexibility index (Phi) is 5.78. The second-order valence-electron chi connectivity index (χ2n) is 3.15. The van der Waals surface area contributed by atoms with Crippen molar-refractivity contribution >= 4 is 17.7 Å². The van der Waals surface area contributed by atoms with Crippen molar-refractivity contribution in [2.45, 2.75) is 12.7 Å². The third-order valence-corrected chi connectivity index (χ3v) is 2.91. The van der Waals surface area contributed by atoms with Crippen molar-refractivity contribution < 1.29 is 14.3 Å². The molecule has 0 saturated heterocycles. The number of hydrogen-bond acceptors (Lipinski definition) is 4. The molecule has 0 radical (unpaired) electrons. The number of thioether (sulfide) groups is 1. The van der Waals surface area contributed by atoms with Gasteiger partial charge in [-0.05, 0) is 24.6 Å². The lowest BCUT2D eigenvalue weighted by Crippen LogP contribution is -2.06. The zero-order valence-corrected chi connectivity index (χ0v) is 10.4. The summed E-state index contributed by atoms with van der Waals surface area (Å²) in [6, 6.07) is 7.83. The van der Waals surface area contributed by atoms with Gasteiger partial charge in [0, 0.05) is 5.75 Å². The van der Waals surface area contributed by atoms with Crippen LogP contribution in [0.2, 0.25) is 0 Å². The molecular weight excluding hydrogens is 224 g/mol. The van der Waals surface area contributed by atoms with Gasteiger partial charge in [-0.2, -0.15) is 0 Å². The molecule has 0 fully saturated rings. The highest BCUT2D eigenvalue weighted by atomic mass is 32.2. The van der Waals surface area contributed by atoms with Crippen molar-refractivity contribution in [1.82, 2.24) is 0 Å². The fourth-order valence-corrected chi connectivity index (χ4v) is 1.98. The molecule has 0 atom stereocenters. The first-order valence-corrected chi connectivity index (χ1v) is 6.28. The third-order valence-electron chi connectivity index (χ3n) is 1.93. The molecule has 0 unspecified atom stereocenters. The molecule has 4 heteroatoms. The SMILES string of the molecule is CCOC(=O)CSCc1cccc(OC)c1. The Bertz CT molecular complexity index is 339. The molecule has 1 aromatic carbocycles. The smallest absolute Gasteiger partial charge is 0.315 e. The van der Waals surface area contributed by atoms with E-state index in [2.05, 4.69) is 0 Å². The minimum Gasteiger partial charge on any atom is -0.497 e. The highest BCUT2D eigenvalue weighted by molar-refractivity contribution is 7.99. The molecule has 0 N–H and O–H groups in total. The van der Waals surface area contributed by atoms with Gasteiger partial charge < -0.3 is 9.47 Å². The number of carbonyl (C=O) groups excluding carboxylic acids is 1. The predicted octanol–water partition coefficient (Wildman–Crippen LogP) is 2.49. The zero-order chi connectivity index (χ0) is 11.8. The molecule has 0 aliphatic rings. The van der Waals surface area contributed by atoms with Crippen molar-refractivity contribution in [1.29, 1.82) is 0 Å². The Morgan fingerprint density at radius 1 is 1.44 bits per heavy atom. The molecule has 1 aromatic rings. The van der Waals surface area contributed by atoms with Crippen LogP contribution >= 0.6 is 11.8 Å². The van der Waals surface area contributed by atoms with E-state index in [1.54, 1.807) is 18.9 Å². The van der Waals surface area contributed by atoms with Gasteiger partial charge in [0.1, 0.15) is 5.75 Å². The molecular formula is C12H16O3S. The first kappa shape index (κ1) is 12.9. The molecule has 0 saturated carbocycles. The van der Waals surface area contributed by atoms with Crippen molar-refractivity contribution in [3.05, 3.63) is 29.8 Å². The molecule has 0 spiro atoms. The fraction of sp³-hybridized carbons (Fsp3) is 0.417. The van der Waals surface area contributed by atoms with Crippen LogP contribution in [-0.2, 0) is 15.3 Å². The van der Waals surface area contributed by atoms with Gasteiger partial charge in [0.2, 0.25) is 0 Å². The van der Waals surface area contributed by atoms with Gasteiger partial charge >= 0.3 is 5.97 Å². The normalized spacial score (nSPS) is 9.88. The average Bonchev–Trinajstić information content (AvgIpc) is 2.30. The van der Waals surface area contributed by atoms with E-state index in [0.29, 0.717) is 12.4 Å². The Hall–Kier alpha value is -1.16. The topological polar surface area (TPSA) is 35.5 Å². The first-order valence-electron chi connectivity index (χ1n) is 5.12. The molecule has 0 amide bonds. The second kappa shape index (κ2) is 7.17. The minimum absolute atomic E-state index is 0.157. The Morgan fingerprint density at radius 3 is 2.94 bits per heavy atom. The number of carbonyl (C=O) groups is 1. The van der Waals surface area contributed by atoms with Crippen LogP contribution in [0.1, 0.15) is 12.5 Å². The van der Waals surface area contributed by atoms with Crippen LogP contribution in [0.3, 0.4) is 0 Å². The first-order chi connectivity index (χ1) is 7.76. The lowest BCUT2D eigenvalue weighted by atomic mass is 10.2. The van der Waals surface area contributed by atoms with Gasteiger partial charge in [-0.3, -0.25) is 4.79 Å². The molecule has 0 bridgehead atoms. The van der Waals surface area contributed by atoms with Gasteiger partial charge in [0.05, 0.1) is 19.5 Å². The summed E-state index contributed by atoms with van der Waals surface area (Å²) in [4.78, 5) is 11.1. The van der Waals surface area contributed by atoms with Crippen LogP contribution in [-0.4, -0.2) is 25.4 Å². The van der Waals surface area contributed by atoms with E-state index in [0.717, 1.165) is 17.1 Å². The molecule has 0 aromatic heterocycles. The number of hydrogen-bond donors (Lipinski definition) is 0. The summed E-state index contributed by atoms with van der Waals surface area (Å²) in [5.41, 5.74) is 1.15.